The van der Waals surface area contributed by atoms with Crippen LogP contribution in [0.4, 0.5) is 5.00 Å². The minimum absolute atomic E-state index is 0.216. The minimum Gasteiger partial charge on any atom is -0.452 e. The van der Waals surface area contributed by atoms with E-state index in [0.717, 1.165) is 11.3 Å². The van der Waals surface area contributed by atoms with E-state index in [0.29, 0.717) is 10.6 Å². The summed E-state index contributed by atoms with van der Waals surface area (Å²) in [5.74, 6) is -1.82. The van der Waals surface area contributed by atoms with E-state index in [1.807, 2.05) is 0 Å². The molecule has 0 aliphatic carbocycles. The van der Waals surface area contributed by atoms with Gasteiger partial charge in [0.15, 0.2) is 6.61 Å². The molecular formula is C13H11N3O4S. The van der Waals surface area contributed by atoms with Crippen LogP contribution in [0.3, 0.4) is 0 Å². The Balaban J connectivity index is 1.89. The van der Waals surface area contributed by atoms with Crippen LogP contribution in [0.5, 0.6) is 0 Å². The van der Waals surface area contributed by atoms with Crippen LogP contribution in [-0.4, -0.2) is 29.4 Å². The average Bonchev–Trinajstić information content (AvgIpc) is 2.94. The molecule has 2 aromatic rings. The second-order valence-electron chi connectivity index (χ2n) is 3.89. The van der Waals surface area contributed by atoms with Gasteiger partial charge in [-0.3, -0.25) is 14.6 Å². The molecule has 3 N–H and O–H groups in total. The second kappa shape index (κ2) is 6.62. The van der Waals surface area contributed by atoms with Gasteiger partial charge in [-0.1, -0.05) is 0 Å². The molecule has 0 saturated heterocycles. The zero-order valence-corrected chi connectivity index (χ0v) is 11.6. The highest BCUT2D eigenvalue weighted by Gasteiger charge is 2.14. The number of nitrogens with one attached hydrogen (secondary N) is 1. The second-order valence-corrected chi connectivity index (χ2v) is 4.80. The monoisotopic (exact) mass is 305 g/mol. The zero-order chi connectivity index (χ0) is 15.2. The van der Waals surface area contributed by atoms with Crippen LogP contribution < -0.4 is 11.1 Å². The van der Waals surface area contributed by atoms with Gasteiger partial charge in [-0.25, -0.2) is 4.79 Å². The number of carbonyl (C=O) groups is 3. The minimum atomic E-state index is -0.639. The molecule has 0 unspecified atom stereocenters. The van der Waals surface area contributed by atoms with E-state index in [2.05, 4.69) is 10.3 Å². The van der Waals surface area contributed by atoms with E-state index in [1.165, 1.54) is 30.6 Å². The maximum Gasteiger partial charge on any atom is 0.338 e. The predicted molar refractivity (Wildman–Crippen MR) is 76.0 cm³/mol. The third kappa shape index (κ3) is 3.86. The average molecular weight is 305 g/mol. The Kier molecular flexibility index (Phi) is 4.62. The summed E-state index contributed by atoms with van der Waals surface area (Å²) in [5.41, 5.74) is 5.67. The molecule has 0 saturated carbocycles. The molecule has 8 heteroatoms. The predicted octanol–water partition coefficient (Wildman–Crippen LogP) is 1.04. The van der Waals surface area contributed by atoms with Crippen LogP contribution in [0, 0.1) is 0 Å². The van der Waals surface area contributed by atoms with Gasteiger partial charge >= 0.3 is 5.97 Å². The van der Waals surface area contributed by atoms with E-state index in [4.69, 9.17) is 10.5 Å². The molecule has 108 valence electrons. The number of esters is 1. The molecule has 2 aromatic heterocycles. The molecule has 2 amide bonds. The molecule has 0 spiro atoms. The van der Waals surface area contributed by atoms with Crippen molar-refractivity contribution in [3.05, 3.63) is 47.1 Å². The summed E-state index contributed by atoms with van der Waals surface area (Å²) in [7, 11) is 0. The van der Waals surface area contributed by atoms with Gasteiger partial charge < -0.3 is 15.8 Å². The van der Waals surface area contributed by atoms with Gasteiger partial charge in [0.1, 0.15) is 5.00 Å². The summed E-state index contributed by atoms with van der Waals surface area (Å²) in [6.45, 7) is -0.461. The Hall–Kier alpha value is -2.74. The summed E-state index contributed by atoms with van der Waals surface area (Å²) in [5, 5.41) is 4.42. The number of thiophene rings is 1. The number of hydrogen-bond donors (Lipinski definition) is 2. The number of rotatable bonds is 5. The lowest BCUT2D eigenvalue weighted by Crippen LogP contribution is -2.22. The normalized spacial score (nSPS) is 9.90. The van der Waals surface area contributed by atoms with Crippen LogP contribution in [0.2, 0.25) is 0 Å². The van der Waals surface area contributed by atoms with Gasteiger partial charge in [0, 0.05) is 12.4 Å². The highest BCUT2D eigenvalue weighted by atomic mass is 32.1. The molecule has 0 aromatic carbocycles. The Labute approximate surface area is 123 Å². The van der Waals surface area contributed by atoms with E-state index in [-0.39, 0.29) is 5.56 Å². The molecule has 0 aliphatic heterocycles. The summed E-state index contributed by atoms with van der Waals surface area (Å²) >= 11 is 1.16. The van der Waals surface area contributed by atoms with E-state index in [9.17, 15) is 14.4 Å². The highest BCUT2D eigenvalue weighted by molar-refractivity contribution is 7.14. The number of anilines is 1. The van der Waals surface area contributed by atoms with Crippen molar-refractivity contribution in [2.75, 3.05) is 11.9 Å². The molecule has 2 rings (SSSR count). The van der Waals surface area contributed by atoms with Crippen molar-refractivity contribution in [2.45, 2.75) is 0 Å². The van der Waals surface area contributed by atoms with Crippen molar-refractivity contribution in [2.24, 2.45) is 5.73 Å². The van der Waals surface area contributed by atoms with Crippen molar-refractivity contribution in [3.8, 4) is 0 Å². The summed E-state index contributed by atoms with van der Waals surface area (Å²) < 4.78 is 4.85. The Bertz CT molecular complexity index is 669. The van der Waals surface area contributed by atoms with Crippen LogP contribution in [0.1, 0.15) is 20.7 Å². The molecule has 2 heterocycles. The van der Waals surface area contributed by atoms with Crippen molar-refractivity contribution in [3.63, 3.8) is 0 Å². The number of nitrogens with two attached hydrogens (primary N) is 1. The third-order valence-electron chi connectivity index (χ3n) is 2.43. The SMILES string of the molecule is NC(=O)c1ccsc1NC(=O)COC(=O)c1ccncc1. The van der Waals surface area contributed by atoms with Crippen molar-refractivity contribution >= 4 is 34.1 Å². The Morgan fingerprint density at radius 1 is 1.24 bits per heavy atom. The summed E-state index contributed by atoms with van der Waals surface area (Å²) in [6.07, 6.45) is 2.89. The van der Waals surface area contributed by atoms with Gasteiger partial charge in [0.05, 0.1) is 11.1 Å². The van der Waals surface area contributed by atoms with Crippen LogP contribution in [0.25, 0.3) is 0 Å². The lowest BCUT2D eigenvalue weighted by atomic mass is 10.3. The molecule has 0 radical (unpaired) electrons. The van der Waals surface area contributed by atoms with E-state index < -0.39 is 24.4 Å². The van der Waals surface area contributed by atoms with Gasteiger partial charge in [0.2, 0.25) is 0 Å². The molecule has 0 bridgehead atoms. The topological polar surface area (TPSA) is 111 Å². The lowest BCUT2D eigenvalue weighted by Gasteiger charge is -2.06. The van der Waals surface area contributed by atoms with Crippen LogP contribution in [0.15, 0.2) is 36.0 Å². The molecule has 21 heavy (non-hydrogen) atoms. The molecule has 0 atom stereocenters. The first-order chi connectivity index (χ1) is 10.1. The number of amides is 2. The number of aromatic nitrogens is 1. The number of carbonyl (C=O) groups excluding carboxylic acids is 3. The number of hydrogen-bond acceptors (Lipinski definition) is 6. The van der Waals surface area contributed by atoms with Gasteiger partial charge in [-0.05, 0) is 23.6 Å². The first-order valence-electron chi connectivity index (χ1n) is 5.82. The molecule has 7 nitrogen and oxygen atoms in total. The highest BCUT2D eigenvalue weighted by Crippen LogP contribution is 2.22. The lowest BCUT2D eigenvalue weighted by molar-refractivity contribution is -0.119. The first-order valence-corrected chi connectivity index (χ1v) is 6.70. The quantitative estimate of drug-likeness (QED) is 0.802. The van der Waals surface area contributed by atoms with Gasteiger partial charge in [-0.15, -0.1) is 11.3 Å². The number of nitrogens with zero attached hydrogens (tertiary/aromatic N) is 1. The van der Waals surface area contributed by atoms with Crippen LogP contribution in [-0.2, 0) is 9.53 Å². The third-order valence-corrected chi connectivity index (χ3v) is 3.26. The van der Waals surface area contributed by atoms with Gasteiger partial charge in [0.25, 0.3) is 11.8 Å². The van der Waals surface area contributed by atoms with E-state index in [1.54, 1.807) is 5.38 Å². The molecular weight excluding hydrogens is 294 g/mol. The largest absolute Gasteiger partial charge is 0.452 e. The number of pyridine rings is 1. The van der Waals surface area contributed by atoms with Crippen molar-refractivity contribution in [1.29, 1.82) is 0 Å². The maximum atomic E-state index is 11.7. The molecule has 0 aliphatic rings. The molecule has 0 fully saturated rings. The van der Waals surface area contributed by atoms with Crippen LogP contribution >= 0.6 is 11.3 Å². The fourth-order valence-corrected chi connectivity index (χ4v) is 2.27. The fraction of sp³-hybridized carbons (Fsp3) is 0.0769. The zero-order valence-electron chi connectivity index (χ0n) is 10.7. The number of ether oxygens (including phenoxy) is 1. The Morgan fingerprint density at radius 2 is 1.95 bits per heavy atom. The van der Waals surface area contributed by atoms with Crippen molar-refractivity contribution in [1.82, 2.24) is 4.98 Å². The summed E-state index contributed by atoms with van der Waals surface area (Å²) in [4.78, 5) is 38.2. The van der Waals surface area contributed by atoms with E-state index >= 15 is 0 Å². The van der Waals surface area contributed by atoms with Crippen molar-refractivity contribution < 1.29 is 19.1 Å². The fourth-order valence-electron chi connectivity index (χ4n) is 1.47. The summed E-state index contributed by atoms with van der Waals surface area (Å²) in [6, 6.07) is 4.46. The number of primary amides is 1. The first kappa shape index (κ1) is 14.7. The maximum absolute atomic E-state index is 11.7. The Morgan fingerprint density at radius 3 is 2.62 bits per heavy atom. The smallest absolute Gasteiger partial charge is 0.338 e. The standard InChI is InChI=1S/C13H11N3O4S/c14-11(18)9-3-6-21-12(9)16-10(17)7-20-13(19)8-1-4-15-5-2-8/h1-6H,7H2,(H2,14,18)(H,16,17). The van der Waals surface area contributed by atoms with Gasteiger partial charge in [-0.2, -0.15) is 0 Å².